The Morgan fingerprint density at radius 3 is 2.74 bits per heavy atom. The molecule has 5 nitrogen and oxygen atoms in total. The van der Waals surface area contributed by atoms with Gasteiger partial charge in [0.15, 0.2) is 5.82 Å². The minimum atomic E-state index is -0.456. The topological polar surface area (TPSA) is 45.7 Å². The van der Waals surface area contributed by atoms with Gasteiger partial charge in [0.1, 0.15) is 5.60 Å². The van der Waals surface area contributed by atoms with Gasteiger partial charge in [-0.1, -0.05) is 12.1 Å². The average molecular weight is 333 g/mol. The van der Waals surface area contributed by atoms with Crippen LogP contribution in [-0.2, 0) is 4.74 Å². The number of carbonyl (C=O) groups excluding carboxylic acids is 1. The van der Waals surface area contributed by atoms with E-state index in [0.717, 1.165) is 12.4 Å². The molecule has 1 aliphatic rings. The Morgan fingerprint density at radius 2 is 2.04 bits per heavy atom. The highest BCUT2D eigenvalue weighted by atomic mass is 32.1. The second-order valence-corrected chi connectivity index (χ2v) is 7.78. The van der Waals surface area contributed by atoms with Crippen LogP contribution in [-0.4, -0.2) is 46.6 Å². The highest BCUT2D eigenvalue weighted by Gasteiger charge is 2.31. The molecule has 124 valence electrons. The lowest BCUT2D eigenvalue weighted by atomic mass is 10.1. The van der Waals surface area contributed by atoms with E-state index in [-0.39, 0.29) is 12.1 Å². The summed E-state index contributed by atoms with van der Waals surface area (Å²) in [6, 6.07) is 8.50. The number of amides is 1. The standard InChI is InChI=1S/C17H23N3O2S/c1-12-11-19(16(21)22-17(2,3)4)9-10-20(12)15-13-7-5-6-8-14(13)23-18-15/h5-8,12H,9-11H2,1-4H3/t12-/m1/s1. The van der Waals surface area contributed by atoms with Crippen molar-refractivity contribution in [2.45, 2.75) is 39.3 Å². The van der Waals surface area contributed by atoms with E-state index in [1.165, 1.54) is 21.6 Å². The van der Waals surface area contributed by atoms with Crippen molar-refractivity contribution in [2.75, 3.05) is 24.5 Å². The third-order valence-electron chi connectivity index (χ3n) is 3.91. The van der Waals surface area contributed by atoms with Crippen LogP contribution in [0.15, 0.2) is 24.3 Å². The van der Waals surface area contributed by atoms with Gasteiger partial charge in [-0.3, -0.25) is 0 Å². The summed E-state index contributed by atoms with van der Waals surface area (Å²) in [4.78, 5) is 16.3. The fourth-order valence-corrected chi connectivity index (χ4v) is 3.63. The first-order valence-corrected chi connectivity index (χ1v) is 8.71. The largest absolute Gasteiger partial charge is 0.444 e. The Hall–Kier alpha value is -1.82. The van der Waals surface area contributed by atoms with Gasteiger partial charge in [0.2, 0.25) is 0 Å². The van der Waals surface area contributed by atoms with Crippen LogP contribution in [0.25, 0.3) is 10.1 Å². The Morgan fingerprint density at radius 1 is 1.30 bits per heavy atom. The highest BCUT2D eigenvalue weighted by molar-refractivity contribution is 7.13. The van der Waals surface area contributed by atoms with Gasteiger partial charge >= 0.3 is 6.09 Å². The maximum Gasteiger partial charge on any atom is 0.410 e. The SMILES string of the molecule is C[C@@H]1CN(C(=O)OC(C)(C)C)CCN1c1nsc2ccccc12. The fraction of sp³-hybridized carbons (Fsp3) is 0.529. The minimum absolute atomic E-state index is 0.210. The van der Waals surface area contributed by atoms with E-state index in [2.05, 4.69) is 28.3 Å². The number of hydrogen-bond donors (Lipinski definition) is 0. The van der Waals surface area contributed by atoms with Crippen molar-refractivity contribution in [1.82, 2.24) is 9.27 Å². The first-order chi connectivity index (χ1) is 10.8. The molecule has 3 rings (SSSR count). The second kappa shape index (κ2) is 6.00. The second-order valence-electron chi connectivity index (χ2n) is 6.97. The summed E-state index contributed by atoms with van der Waals surface area (Å²) in [5.41, 5.74) is -0.456. The number of ether oxygens (including phenoxy) is 1. The fourth-order valence-electron chi connectivity index (χ4n) is 2.84. The molecular weight excluding hydrogens is 310 g/mol. The van der Waals surface area contributed by atoms with E-state index in [4.69, 9.17) is 4.74 Å². The van der Waals surface area contributed by atoms with Crippen molar-refractivity contribution in [2.24, 2.45) is 0 Å². The summed E-state index contributed by atoms with van der Waals surface area (Å²) in [6.07, 6.45) is -0.230. The molecular formula is C17H23N3O2S. The summed E-state index contributed by atoms with van der Waals surface area (Å²) >= 11 is 1.53. The van der Waals surface area contributed by atoms with Crippen molar-refractivity contribution in [3.63, 3.8) is 0 Å². The van der Waals surface area contributed by atoms with Crippen LogP contribution < -0.4 is 4.90 Å². The molecule has 0 unspecified atom stereocenters. The van der Waals surface area contributed by atoms with E-state index in [0.29, 0.717) is 13.1 Å². The lowest BCUT2D eigenvalue weighted by Crippen LogP contribution is -2.54. The quantitative estimate of drug-likeness (QED) is 0.797. The summed E-state index contributed by atoms with van der Waals surface area (Å²) in [7, 11) is 0. The Kier molecular flexibility index (Phi) is 4.19. The van der Waals surface area contributed by atoms with Crippen LogP contribution in [0, 0.1) is 0 Å². The molecule has 1 amide bonds. The van der Waals surface area contributed by atoms with Gasteiger partial charge in [-0.2, -0.15) is 4.37 Å². The molecule has 0 aliphatic carbocycles. The number of anilines is 1. The minimum Gasteiger partial charge on any atom is -0.444 e. The van der Waals surface area contributed by atoms with Crippen LogP contribution in [0.5, 0.6) is 0 Å². The molecule has 1 aromatic carbocycles. The lowest BCUT2D eigenvalue weighted by molar-refractivity contribution is 0.0218. The van der Waals surface area contributed by atoms with Gasteiger partial charge in [-0.05, 0) is 51.4 Å². The zero-order valence-corrected chi connectivity index (χ0v) is 14.9. The molecule has 1 atom stereocenters. The van der Waals surface area contributed by atoms with E-state index in [9.17, 15) is 4.79 Å². The van der Waals surface area contributed by atoms with Gasteiger partial charge in [-0.15, -0.1) is 0 Å². The Bertz CT molecular complexity index is 707. The van der Waals surface area contributed by atoms with Crippen molar-refractivity contribution in [3.8, 4) is 0 Å². The van der Waals surface area contributed by atoms with E-state index >= 15 is 0 Å². The molecule has 2 heterocycles. The monoisotopic (exact) mass is 333 g/mol. The zero-order chi connectivity index (χ0) is 16.6. The number of aromatic nitrogens is 1. The maximum atomic E-state index is 12.2. The first-order valence-electron chi connectivity index (χ1n) is 7.94. The third kappa shape index (κ3) is 3.42. The van der Waals surface area contributed by atoms with Gasteiger partial charge in [0.05, 0.1) is 4.70 Å². The summed E-state index contributed by atoms with van der Waals surface area (Å²) in [5, 5.41) is 1.19. The molecule has 0 N–H and O–H groups in total. The summed E-state index contributed by atoms with van der Waals surface area (Å²) in [6.45, 7) is 9.90. The van der Waals surface area contributed by atoms with E-state index in [1.54, 1.807) is 4.90 Å². The number of rotatable bonds is 1. The highest BCUT2D eigenvalue weighted by Crippen LogP contribution is 2.31. The normalized spacial score (nSPS) is 19.2. The third-order valence-corrected chi connectivity index (χ3v) is 4.73. The predicted molar refractivity (Wildman–Crippen MR) is 94.2 cm³/mol. The Balaban J connectivity index is 1.73. The smallest absolute Gasteiger partial charge is 0.410 e. The Labute approximate surface area is 141 Å². The molecule has 1 aliphatic heterocycles. The van der Waals surface area contributed by atoms with E-state index in [1.807, 2.05) is 32.9 Å². The number of benzene rings is 1. The van der Waals surface area contributed by atoms with Crippen molar-refractivity contribution in [3.05, 3.63) is 24.3 Å². The lowest BCUT2D eigenvalue weighted by Gasteiger charge is -2.40. The molecule has 6 heteroatoms. The first kappa shape index (κ1) is 16.1. The molecule has 1 saturated heterocycles. The van der Waals surface area contributed by atoms with Crippen LogP contribution in [0.1, 0.15) is 27.7 Å². The maximum absolute atomic E-state index is 12.2. The predicted octanol–water partition coefficient (Wildman–Crippen LogP) is 3.74. The molecule has 0 bridgehead atoms. The molecule has 0 saturated carbocycles. The van der Waals surface area contributed by atoms with Crippen molar-refractivity contribution < 1.29 is 9.53 Å². The molecule has 2 aromatic rings. The number of hydrogen-bond acceptors (Lipinski definition) is 5. The number of nitrogens with zero attached hydrogens (tertiary/aromatic N) is 3. The number of carbonyl (C=O) groups is 1. The van der Waals surface area contributed by atoms with Gasteiger partial charge in [-0.25, -0.2) is 4.79 Å². The molecule has 1 fully saturated rings. The average Bonchev–Trinajstić information content (AvgIpc) is 2.89. The number of piperazine rings is 1. The van der Waals surface area contributed by atoms with Crippen LogP contribution in [0.3, 0.4) is 0 Å². The number of fused-ring (bicyclic) bond motifs is 1. The molecule has 23 heavy (non-hydrogen) atoms. The summed E-state index contributed by atoms with van der Waals surface area (Å²) < 4.78 is 11.3. The van der Waals surface area contributed by atoms with E-state index < -0.39 is 5.60 Å². The molecule has 0 spiro atoms. The van der Waals surface area contributed by atoms with Crippen LogP contribution >= 0.6 is 11.5 Å². The van der Waals surface area contributed by atoms with Gasteiger partial charge in [0.25, 0.3) is 0 Å². The van der Waals surface area contributed by atoms with Crippen molar-refractivity contribution >= 4 is 33.5 Å². The molecule has 0 radical (unpaired) electrons. The summed E-state index contributed by atoms with van der Waals surface area (Å²) in [5.74, 6) is 1.03. The van der Waals surface area contributed by atoms with Gasteiger partial charge < -0.3 is 14.5 Å². The molecule has 1 aromatic heterocycles. The zero-order valence-electron chi connectivity index (χ0n) is 14.1. The van der Waals surface area contributed by atoms with Gasteiger partial charge in [0, 0.05) is 31.1 Å². The van der Waals surface area contributed by atoms with Crippen molar-refractivity contribution in [1.29, 1.82) is 0 Å². The van der Waals surface area contributed by atoms with Crippen LogP contribution in [0.4, 0.5) is 10.6 Å². The van der Waals surface area contributed by atoms with Crippen LogP contribution in [0.2, 0.25) is 0 Å².